The van der Waals surface area contributed by atoms with Crippen LogP contribution in [-0.2, 0) is 9.53 Å². The molecular formula is C13H25NO2. The van der Waals surface area contributed by atoms with E-state index in [2.05, 4.69) is 4.90 Å². The molecule has 0 bridgehead atoms. The summed E-state index contributed by atoms with van der Waals surface area (Å²) in [6.07, 6.45) is 2.63. The van der Waals surface area contributed by atoms with Crippen molar-refractivity contribution in [3.63, 3.8) is 0 Å². The van der Waals surface area contributed by atoms with Crippen LogP contribution in [0.15, 0.2) is 0 Å². The van der Waals surface area contributed by atoms with Crippen molar-refractivity contribution in [2.24, 2.45) is 5.41 Å². The van der Waals surface area contributed by atoms with Crippen LogP contribution in [0.4, 0.5) is 0 Å². The molecule has 1 fully saturated rings. The molecular weight excluding hydrogens is 202 g/mol. The number of ether oxygens (including phenoxy) is 1. The molecule has 94 valence electrons. The van der Waals surface area contributed by atoms with Crippen molar-refractivity contribution in [3.8, 4) is 0 Å². The Hall–Kier alpha value is -0.410. The van der Waals surface area contributed by atoms with Crippen molar-refractivity contribution in [1.29, 1.82) is 0 Å². The average molecular weight is 227 g/mol. The molecule has 0 unspecified atom stereocenters. The molecule has 0 aromatic heterocycles. The SMILES string of the molecule is CCOC1CCN(CC(C)(C)C(C)=O)CC1. The highest BCUT2D eigenvalue weighted by molar-refractivity contribution is 5.81. The van der Waals surface area contributed by atoms with Gasteiger partial charge in [0.1, 0.15) is 5.78 Å². The van der Waals surface area contributed by atoms with Crippen LogP contribution in [0.5, 0.6) is 0 Å². The Balaban J connectivity index is 2.34. The average Bonchev–Trinajstić information content (AvgIpc) is 2.21. The predicted molar refractivity (Wildman–Crippen MR) is 65.6 cm³/mol. The van der Waals surface area contributed by atoms with Gasteiger partial charge in [0.2, 0.25) is 0 Å². The standard InChI is InChI=1S/C13H25NO2/c1-5-16-12-6-8-14(9-7-12)10-13(3,4)11(2)15/h12H,5-10H2,1-4H3. The van der Waals surface area contributed by atoms with Crippen molar-refractivity contribution in [3.05, 3.63) is 0 Å². The minimum absolute atomic E-state index is 0.210. The van der Waals surface area contributed by atoms with E-state index in [0.717, 1.165) is 39.1 Å². The van der Waals surface area contributed by atoms with Crippen LogP contribution in [0.1, 0.15) is 40.5 Å². The lowest BCUT2D eigenvalue weighted by Gasteiger charge is -2.36. The summed E-state index contributed by atoms with van der Waals surface area (Å²) in [6.45, 7) is 11.6. The van der Waals surface area contributed by atoms with Gasteiger partial charge in [-0.25, -0.2) is 0 Å². The van der Waals surface area contributed by atoms with Gasteiger partial charge in [0.15, 0.2) is 0 Å². The summed E-state index contributed by atoms with van der Waals surface area (Å²) in [6, 6.07) is 0. The van der Waals surface area contributed by atoms with Crippen LogP contribution in [0, 0.1) is 5.41 Å². The second-order valence-electron chi connectivity index (χ2n) is 5.37. The molecule has 0 aliphatic carbocycles. The maximum Gasteiger partial charge on any atom is 0.136 e. The molecule has 3 heteroatoms. The fraction of sp³-hybridized carbons (Fsp3) is 0.923. The Kier molecular flexibility index (Phi) is 4.93. The number of likely N-dealkylation sites (tertiary alicyclic amines) is 1. The van der Waals surface area contributed by atoms with Crippen molar-refractivity contribution in [2.75, 3.05) is 26.2 Å². The zero-order chi connectivity index (χ0) is 12.2. The molecule has 0 atom stereocenters. The monoisotopic (exact) mass is 227 g/mol. The first kappa shape index (κ1) is 13.7. The van der Waals surface area contributed by atoms with Crippen LogP contribution in [0.2, 0.25) is 0 Å². The minimum atomic E-state index is -0.210. The summed E-state index contributed by atoms with van der Waals surface area (Å²) < 4.78 is 5.62. The maximum absolute atomic E-state index is 11.5. The summed E-state index contributed by atoms with van der Waals surface area (Å²) in [5.74, 6) is 0.277. The first-order chi connectivity index (χ1) is 7.45. The lowest BCUT2D eigenvalue weighted by Crippen LogP contribution is -2.44. The van der Waals surface area contributed by atoms with E-state index >= 15 is 0 Å². The number of hydrogen-bond donors (Lipinski definition) is 0. The van der Waals surface area contributed by atoms with Gasteiger partial charge in [0.05, 0.1) is 6.10 Å². The van der Waals surface area contributed by atoms with Crippen LogP contribution in [0.3, 0.4) is 0 Å². The zero-order valence-corrected chi connectivity index (χ0v) is 11.1. The second-order valence-corrected chi connectivity index (χ2v) is 5.37. The fourth-order valence-electron chi connectivity index (χ4n) is 2.14. The second kappa shape index (κ2) is 5.78. The Morgan fingerprint density at radius 1 is 1.38 bits per heavy atom. The van der Waals surface area contributed by atoms with Gasteiger partial charge in [-0.05, 0) is 26.7 Å². The molecule has 16 heavy (non-hydrogen) atoms. The zero-order valence-electron chi connectivity index (χ0n) is 11.1. The molecule has 0 amide bonds. The molecule has 1 rings (SSSR count). The molecule has 0 aromatic carbocycles. The molecule has 3 nitrogen and oxygen atoms in total. The normalized spacial score (nSPS) is 20.0. The van der Waals surface area contributed by atoms with Gasteiger partial charge in [0.25, 0.3) is 0 Å². The number of carbonyl (C=O) groups is 1. The van der Waals surface area contributed by atoms with Gasteiger partial charge in [-0.1, -0.05) is 13.8 Å². The van der Waals surface area contributed by atoms with Crippen LogP contribution < -0.4 is 0 Å². The fourth-order valence-corrected chi connectivity index (χ4v) is 2.14. The van der Waals surface area contributed by atoms with E-state index < -0.39 is 0 Å². The van der Waals surface area contributed by atoms with Gasteiger partial charge in [-0.15, -0.1) is 0 Å². The Labute approximate surface area is 99.1 Å². The summed E-state index contributed by atoms with van der Waals surface area (Å²) in [4.78, 5) is 13.8. The van der Waals surface area contributed by atoms with Crippen LogP contribution in [0.25, 0.3) is 0 Å². The van der Waals surface area contributed by atoms with Crippen molar-refractivity contribution in [1.82, 2.24) is 4.90 Å². The highest BCUT2D eigenvalue weighted by atomic mass is 16.5. The van der Waals surface area contributed by atoms with Crippen molar-refractivity contribution in [2.45, 2.75) is 46.6 Å². The number of piperidine rings is 1. The lowest BCUT2D eigenvalue weighted by atomic mass is 9.87. The number of hydrogen-bond acceptors (Lipinski definition) is 3. The third-order valence-corrected chi connectivity index (χ3v) is 3.51. The van der Waals surface area contributed by atoms with Gasteiger partial charge >= 0.3 is 0 Å². The van der Waals surface area contributed by atoms with E-state index in [9.17, 15) is 4.79 Å². The quantitative estimate of drug-likeness (QED) is 0.720. The number of ketones is 1. The maximum atomic E-state index is 11.5. The smallest absolute Gasteiger partial charge is 0.136 e. The van der Waals surface area contributed by atoms with Gasteiger partial charge < -0.3 is 9.64 Å². The Morgan fingerprint density at radius 2 is 1.94 bits per heavy atom. The molecule has 1 saturated heterocycles. The summed E-state index contributed by atoms with van der Waals surface area (Å²) >= 11 is 0. The summed E-state index contributed by atoms with van der Waals surface area (Å²) in [5.41, 5.74) is -0.210. The minimum Gasteiger partial charge on any atom is -0.378 e. The van der Waals surface area contributed by atoms with E-state index in [-0.39, 0.29) is 11.2 Å². The van der Waals surface area contributed by atoms with E-state index in [4.69, 9.17) is 4.74 Å². The summed E-state index contributed by atoms with van der Waals surface area (Å²) in [7, 11) is 0. The van der Waals surface area contributed by atoms with Crippen molar-refractivity contribution >= 4 is 5.78 Å². The molecule has 0 N–H and O–H groups in total. The first-order valence-electron chi connectivity index (χ1n) is 6.30. The predicted octanol–water partition coefficient (Wildman–Crippen LogP) is 2.10. The number of rotatable bonds is 5. The highest BCUT2D eigenvalue weighted by Crippen LogP contribution is 2.21. The topological polar surface area (TPSA) is 29.5 Å². The van der Waals surface area contributed by atoms with Crippen molar-refractivity contribution < 1.29 is 9.53 Å². The number of Topliss-reactive ketones (excluding diaryl/α,β-unsaturated/α-hetero) is 1. The first-order valence-corrected chi connectivity index (χ1v) is 6.30. The third kappa shape index (κ3) is 3.87. The summed E-state index contributed by atoms with van der Waals surface area (Å²) in [5, 5.41) is 0. The Morgan fingerprint density at radius 3 is 2.38 bits per heavy atom. The van der Waals surface area contributed by atoms with Gasteiger partial charge in [-0.3, -0.25) is 4.79 Å². The molecule has 1 heterocycles. The van der Waals surface area contributed by atoms with E-state index in [1.54, 1.807) is 6.92 Å². The van der Waals surface area contributed by atoms with Gasteiger partial charge in [0, 0.05) is 31.7 Å². The Bertz CT molecular complexity index is 230. The largest absolute Gasteiger partial charge is 0.378 e. The highest BCUT2D eigenvalue weighted by Gasteiger charge is 2.28. The lowest BCUT2D eigenvalue weighted by molar-refractivity contribution is -0.126. The third-order valence-electron chi connectivity index (χ3n) is 3.51. The van der Waals surface area contributed by atoms with Gasteiger partial charge in [-0.2, -0.15) is 0 Å². The van der Waals surface area contributed by atoms with Crippen LogP contribution in [-0.4, -0.2) is 43.0 Å². The number of nitrogens with zero attached hydrogens (tertiary/aromatic N) is 1. The van der Waals surface area contributed by atoms with E-state index in [1.807, 2.05) is 20.8 Å². The van der Waals surface area contributed by atoms with E-state index in [0.29, 0.717) is 6.10 Å². The molecule has 0 radical (unpaired) electrons. The molecule has 1 aliphatic heterocycles. The molecule has 0 spiro atoms. The van der Waals surface area contributed by atoms with Crippen LogP contribution >= 0.6 is 0 Å². The molecule has 0 saturated carbocycles. The molecule has 0 aromatic rings. The van der Waals surface area contributed by atoms with E-state index in [1.165, 1.54) is 0 Å². The number of carbonyl (C=O) groups excluding carboxylic acids is 1. The molecule has 1 aliphatic rings.